The molecule has 3 aromatic rings. The lowest BCUT2D eigenvalue weighted by molar-refractivity contribution is 0.0475. The second-order valence-electron chi connectivity index (χ2n) is 6.06. The number of aromatic amines is 1. The van der Waals surface area contributed by atoms with Gasteiger partial charge in [0, 0.05) is 12.7 Å². The number of esters is 1. The maximum atomic E-state index is 12.4. The van der Waals surface area contributed by atoms with E-state index in [2.05, 4.69) is 5.32 Å². The van der Waals surface area contributed by atoms with Crippen LogP contribution in [-0.2, 0) is 18.3 Å². The Morgan fingerprint density at radius 1 is 1.21 bits per heavy atom. The Kier molecular flexibility index (Phi) is 5.63. The van der Waals surface area contributed by atoms with E-state index in [1.807, 2.05) is 4.98 Å². The van der Waals surface area contributed by atoms with Gasteiger partial charge in [-0.05, 0) is 24.3 Å². The molecule has 150 valence electrons. The van der Waals surface area contributed by atoms with Crippen LogP contribution < -0.4 is 22.3 Å². The largest absolute Gasteiger partial charge is 0.467 e. The van der Waals surface area contributed by atoms with Crippen molar-refractivity contribution in [1.82, 2.24) is 9.55 Å². The van der Waals surface area contributed by atoms with Crippen LogP contribution in [0.2, 0.25) is 0 Å². The number of rotatable bonds is 7. The van der Waals surface area contributed by atoms with Crippen LogP contribution in [0, 0.1) is 0 Å². The van der Waals surface area contributed by atoms with Gasteiger partial charge < -0.3 is 20.2 Å². The van der Waals surface area contributed by atoms with Gasteiger partial charge in [-0.1, -0.05) is 12.1 Å². The number of anilines is 2. The summed E-state index contributed by atoms with van der Waals surface area (Å²) in [5.41, 5.74) is 4.23. The number of Topliss-reactive ketones (excluding diaryl/α,β-unsaturated/α-hetero) is 1. The molecule has 10 heteroatoms. The molecule has 0 amide bonds. The van der Waals surface area contributed by atoms with Crippen molar-refractivity contribution < 1.29 is 18.7 Å². The summed E-state index contributed by atoms with van der Waals surface area (Å²) in [7, 11) is 1.30. The lowest BCUT2D eigenvalue weighted by Crippen LogP contribution is -2.35. The molecule has 0 saturated heterocycles. The highest BCUT2D eigenvalue weighted by Crippen LogP contribution is 2.18. The van der Waals surface area contributed by atoms with Gasteiger partial charge in [0.25, 0.3) is 5.56 Å². The maximum Gasteiger partial charge on any atom is 0.340 e. The highest BCUT2D eigenvalue weighted by Gasteiger charge is 2.21. The smallest absolute Gasteiger partial charge is 0.340 e. The summed E-state index contributed by atoms with van der Waals surface area (Å²) < 4.78 is 11.2. The molecule has 29 heavy (non-hydrogen) atoms. The molecule has 0 unspecified atom stereocenters. The number of nitrogens with one attached hydrogen (secondary N) is 2. The summed E-state index contributed by atoms with van der Waals surface area (Å²) in [6.45, 7) is -0.364. The van der Waals surface area contributed by atoms with Crippen molar-refractivity contribution in [2.24, 2.45) is 7.05 Å². The minimum atomic E-state index is -0.938. The average Bonchev–Trinajstić information content (AvgIpc) is 3.22. The van der Waals surface area contributed by atoms with Gasteiger partial charge in [0.15, 0.2) is 6.61 Å². The number of hydrogen-bond donors (Lipinski definition) is 3. The Labute approximate surface area is 163 Å². The van der Waals surface area contributed by atoms with E-state index in [0.717, 1.165) is 4.57 Å². The van der Waals surface area contributed by atoms with E-state index in [1.165, 1.54) is 19.4 Å². The summed E-state index contributed by atoms with van der Waals surface area (Å²) in [5.74, 6) is -1.22. The molecule has 0 saturated carbocycles. The fourth-order valence-corrected chi connectivity index (χ4v) is 2.60. The first kappa shape index (κ1) is 19.7. The number of benzene rings is 1. The fraction of sp³-hybridized carbons (Fsp3) is 0.158. The van der Waals surface area contributed by atoms with Crippen LogP contribution in [0.15, 0.2) is 56.7 Å². The lowest BCUT2D eigenvalue weighted by atomic mass is 10.1. The Hall–Kier alpha value is -4.08. The first-order valence-electron chi connectivity index (χ1n) is 8.53. The first-order valence-corrected chi connectivity index (χ1v) is 8.53. The van der Waals surface area contributed by atoms with Crippen molar-refractivity contribution in [3.63, 3.8) is 0 Å². The van der Waals surface area contributed by atoms with Crippen LogP contribution in [0.3, 0.4) is 0 Å². The van der Waals surface area contributed by atoms with E-state index in [9.17, 15) is 19.2 Å². The van der Waals surface area contributed by atoms with Gasteiger partial charge in [0.05, 0.1) is 18.4 Å². The van der Waals surface area contributed by atoms with Crippen LogP contribution in [0.25, 0.3) is 0 Å². The number of nitrogen functional groups attached to an aromatic ring is 1. The third kappa shape index (κ3) is 4.26. The normalized spacial score (nSPS) is 10.5. The zero-order valence-electron chi connectivity index (χ0n) is 15.4. The minimum absolute atomic E-state index is 0.203. The van der Waals surface area contributed by atoms with Crippen molar-refractivity contribution in [1.29, 1.82) is 0 Å². The topological polar surface area (TPSA) is 149 Å². The van der Waals surface area contributed by atoms with Gasteiger partial charge in [-0.2, -0.15) is 0 Å². The van der Waals surface area contributed by atoms with E-state index < -0.39 is 35.2 Å². The number of ketones is 1. The number of carbonyl (C=O) groups excluding carboxylic acids is 2. The number of para-hydroxylation sites is 1. The SMILES string of the molecule is Cn1c(N)c(C(=O)COC(=O)c2ccccc2NCc2ccco2)c(=O)[nH]c1=O. The predicted molar refractivity (Wildman–Crippen MR) is 104 cm³/mol. The molecule has 10 nitrogen and oxygen atoms in total. The fourth-order valence-electron chi connectivity index (χ4n) is 2.60. The van der Waals surface area contributed by atoms with Crippen molar-refractivity contribution in [2.75, 3.05) is 17.7 Å². The number of aromatic nitrogens is 2. The van der Waals surface area contributed by atoms with Crippen LogP contribution in [-0.4, -0.2) is 27.9 Å². The van der Waals surface area contributed by atoms with E-state index in [1.54, 1.807) is 30.3 Å². The van der Waals surface area contributed by atoms with Crippen LogP contribution in [0.1, 0.15) is 26.5 Å². The van der Waals surface area contributed by atoms with E-state index in [4.69, 9.17) is 14.9 Å². The quantitative estimate of drug-likeness (QED) is 0.392. The molecule has 0 bridgehead atoms. The van der Waals surface area contributed by atoms with Gasteiger partial charge in [-0.3, -0.25) is 19.1 Å². The first-order chi connectivity index (χ1) is 13.9. The van der Waals surface area contributed by atoms with E-state index >= 15 is 0 Å². The van der Waals surface area contributed by atoms with Crippen molar-refractivity contribution in [3.05, 3.63) is 80.4 Å². The molecule has 0 fully saturated rings. The summed E-state index contributed by atoms with van der Waals surface area (Å²) in [6.07, 6.45) is 1.54. The number of ether oxygens (including phenoxy) is 1. The molecule has 0 radical (unpaired) electrons. The van der Waals surface area contributed by atoms with Gasteiger partial charge >= 0.3 is 11.7 Å². The minimum Gasteiger partial charge on any atom is -0.467 e. The molecule has 0 atom stereocenters. The Bertz CT molecular complexity index is 1160. The number of nitrogens with zero attached hydrogens (tertiary/aromatic N) is 1. The third-order valence-corrected chi connectivity index (χ3v) is 4.16. The van der Waals surface area contributed by atoms with E-state index in [0.29, 0.717) is 18.0 Å². The second-order valence-corrected chi connectivity index (χ2v) is 6.06. The number of nitrogens with two attached hydrogens (primary N) is 1. The molecular weight excluding hydrogens is 380 g/mol. The third-order valence-electron chi connectivity index (χ3n) is 4.16. The molecule has 0 aliphatic rings. The van der Waals surface area contributed by atoms with Gasteiger partial charge in [-0.15, -0.1) is 0 Å². The van der Waals surface area contributed by atoms with Gasteiger partial charge in [0.2, 0.25) is 5.78 Å². The Balaban J connectivity index is 1.72. The lowest BCUT2D eigenvalue weighted by Gasteiger charge is -2.11. The van der Waals surface area contributed by atoms with Crippen molar-refractivity contribution in [2.45, 2.75) is 6.54 Å². The van der Waals surface area contributed by atoms with Gasteiger partial charge in [-0.25, -0.2) is 9.59 Å². The Morgan fingerprint density at radius 2 is 1.97 bits per heavy atom. The average molecular weight is 398 g/mol. The molecule has 0 spiro atoms. The second kappa shape index (κ2) is 8.30. The molecule has 4 N–H and O–H groups in total. The number of carbonyl (C=O) groups is 2. The summed E-state index contributed by atoms with van der Waals surface area (Å²) >= 11 is 0. The van der Waals surface area contributed by atoms with Crippen LogP contribution in [0.5, 0.6) is 0 Å². The predicted octanol–water partition coefficient (Wildman–Crippen LogP) is 0.901. The Morgan fingerprint density at radius 3 is 2.69 bits per heavy atom. The standard InChI is InChI=1S/C19H18N4O6/c1-23-16(20)15(17(25)22-19(23)27)14(24)10-29-18(26)12-6-2-3-7-13(12)21-9-11-5-4-8-28-11/h2-8,21H,9-10,20H2,1H3,(H,22,25,27). The molecule has 1 aromatic carbocycles. The van der Waals surface area contributed by atoms with Crippen LogP contribution >= 0.6 is 0 Å². The zero-order chi connectivity index (χ0) is 21.0. The highest BCUT2D eigenvalue weighted by molar-refractivity contribution is 6.03. The summed E-state index contributed by atoms with van der Waals surface area (Å²) in [4.78, 5) is 50.1. The van der Waals surface area contributed by atoms with Crippen molar-refractivity contribution >= 4 is 23.3 Å². The molecule has 2 aromatic heterocycles. The monoisotopic (exact) mass is 398 g/mol. The molecule has 3 rings (SSSR count). The highest BCUT2D eigenvalue weighted by atomic mass is 16.5. The summed E-state index contributed by atoms with van der Waals surface area (Å²) in [6, 6.07) is 10.1. The van der Waals surface area contributed by atoms with Gasteiger partial charge in [0.1, 0.15) is 17.1 Å². The molecule has 0 aliphatic heterocycles. The summed E-state index contributed by atoms with van der Waals surface area (Å²) in [5, 5.41) is 3.06. The van der Waals surface area contributed by atoms with Crippen LogP contribution in [0.4, 0.5) is 11.5 Å². The zero-order valence-corrected chi connectivity index (χ0v) is 15.4. The molecule has 0 aliphatic carbocycles. The molecule has 2 heterocycles. The number of H-pyrrole nitrogens is 1. The number of hydrogen-bond acceptors (Lipinski definition) is 8. The van der Waals surface area contributed by atoms with Crippen molar-refractivity contribution in [3.8, 4) is 0 Å². The maximum absolute atomic E-state index is 12.4. The number of furan rings is 1. The molecular formula is C19H18N4O6. The van der Waals surface area contributed by atoms with E-state index in [-0.39, 0.29) is 11.4 Å².